The number of aromatic nitrogens is 2. The third-order valence-electron chi connectivity index (χ3n) is 11.1. The summed E-state index contributed by atoms with van der Waals surface area (Å²) in [5, 5.41) is 7.52. The van der Waals surface area contributed by atoms with E-state index in [1.54, 1.807) is 0 Å². The smallest absolute Gasteiger partial charge is 0.0541 e. The van der Waals surface area contributed by atoms with E-state index in [4.69, 9.17) is 0 Å². The van der Waals surface area contributed by atoms with Crippen LogP contribution in [0.15, 0.2) is 206 Å². The van der Waals surface area contributed by atoms with Gasteiger partial charge < -0.3 is 9.13 Å². The largest absolute Gasteiger partial charge is 0.309 e. The average molecular weight is 687 g/mol. The third kappa shape index (κ3) is 4.81. The average Bonchev–Trinajstić information content (AvgIpc) is 3.76. The molecule has 0 spiro atoms. The first-order valence-electron chi connectivity index (χ1n) is 18.6. The maximum absolute atomic E-state index is 2.41. The summed E-state index contributed by atoms with van der Waals surface area (Å²) < 4.78 is 4.81. The molecule has 0 aliphatic rings. The minimum absolute atomic E-state index is 1.15. The van der Waals surface area contributed by atoms with Gasteiger partial charge in [-0.3, -0.25) is 0 Å². The van der Waals surface area contributed by atoms with Crippen molar-refractivity contribution in [2.24, 2.45) is 0 Å². The van der Waals surface area contributed by atoms with Crippen LogP contribution in [0.25, 0.3) is 99.1 Å². The fourth-order valence-corrected chi connectivity index (χ4v) is 8.57. The van der Waals surface area contributed by atoms with Crippen LogP contribution in [0.4, 0.5) is 0 Å². The maximum Gasteiger partial charge on any atom is 0.0541 e. The molecule has 0 saturated carbocycles. The van der Waals surface area contributed by atoms with E-state index in [-0.39, 0.29) is 0 Å². The lowest BCUT2D eigenvalue weighted by Crippen LogP contribution is -1.94. The Labute approximate surface area is 313 Å². The van der Waals surface area contributed by atoms with E-state index in [2.05, 4.69) is 215 Å². The summed E-state index contributed by atoms with van der Waals surface area (Å²) in [6, 6.07) is 75.2. The highest BCUT2D eigenvalue weighted by molar-refractivity contribution is 6.13. The minimum atomic E-state index is 1.15. The summed E-state index contributed by atoms with van der Waals surface area (Å²) in [5.41, 5.74) is 14.5. The van der Waals surface area contributed by atoms with Crippen LogP contribution < -0.4 is 0 Å². The lowest BCUT2D eigenvalue weighted by Gasteiger charge is -2.12. The van der Waals surface area contributed by atoms with Crippen molar-refractivity contribution < 1.29 is 0 Å². The molecule has 0 N–H and O–H groups in total. The Morgan fingerprint density at radius 1 is 0.241 bits per heavy atom. The van der Waals surface area contributed by atoms with E-state index in [0.29, 0.717) is 0 Å². The molecule has 0 radical (unpaired) electrons. The predicted molar refractivity (Wildman–Crippen MR) is 229 cm³/mol. The maximum atomic E-state index is 2.41. The minimum Gasteiger partial charge on any atom is -0.309 e. The Kier molecular flexibility index (Phi) is 6.90. The molecule has 0 bridgehead atoms. The highest BCUT2D eigenvalue weighted by atomic mass is 15.0. The van der Waals surface area contributed by atoms with Crippen LogP contribution in [-0.4, -0.2) is 9.13 Å². The number of hydrogen-bond donors (Lipinski definition) is 0. The molecule has 54 heavy (non-hydrogen) atoms. The van der Waals surface area contributed by atoms with Crippen molar-refractivity contribution in [3.8, 4) is 44.8 Å². The number of rotatable bonds is 5. The number of para-hydroxylation sites is 2. The van der Waals surface area contributed by atoms with E-state index >= 15 is 0 Å². The van der Waals surface area contributed by atoms with Gasteiger partial charge in [0.05, 0.1) is 22.1 Å². The van der Waals surface area contributed by atoms with E-state index in [9.17, 15) is 0 Å². The standard InChI is InChI=1S/C52H34N2/c1-2-13-36(14-3-1)43-16-6-7-17-44(43)37-23-27-41(28-24-37)53-49-20-10-8-18-45(49)47-33-39(25-30-51(47)53)40-26-31-52-48(34-40)46-19-9-11-21-50(46)54(52)42-29-22-35-12-4-5-15-38(35)32-42/h1-34H. The van der Waals surface area contributed by atoms with Crippen molar-refractivity contribution in [2.75, 3.05) is 0 Å². The number of benzene rings is 9. The first-order chi connectivity index (χ1) is 26.8. The van der Waals surface area contributed by atoms with Gasteiger partial charge >= 0.3 is 0 Å². The lowest BCUT2D eigenvalue weighted by atomic mass is 9.94. The molecule has 0 atom stereocenters. The van der Waals surface area contributed by atoms with Crippen LogP contribution in [0.5, 0.6) is 0 Å². The highest BCUT2D eigenvalue weighted by Crippen LogP contribution is 2.39. The van der Waals surface area contributed by atoms with Crippen molar-refractivity contribution in [3.63, 3.8) is 0 Å². The fraction of sp³-hybridized carbons (Fsp3) is 0. The molecular formula is C52H34N2. The van der Waals surface area contributed by atoms with Gasteiger partial charge in [0.1, 0.15) is 0 Å². The SMILES string of the molecule is c1ccc(-c2ccccc2-c2ccc(-n3c4ccccc4c4cc(-c5ccc6c(c5)c5ccccc5n6-c5ccc6ccccc6c5)ccc43)cc2)cc1. The van der Waals surface area contributed by atoms with Gasteiger partial charge in [0.15, 0.2) is 0 Å². The molecule has 0 saturated heterocycles. The first-order valence-corrected chi connectivity index (χ1v) is 18.6. The van der Waals surface area contributed by atoms with Crippen LogP contribution >= 0.6 is 0 Å². The Bertz CT molecular complexity index is 3200. The Morgan fingerprint density at radius 2 is 0.685 bits per heavy atom. The quantitative estimate of drug-likeness (QED) is 0.171. The predicted octanol–water partition coefficient (Wildman–Crippen LogP) is 14.0. The fourth-order valence-electron chi connectivity index (χ4n) is 8.57. The summed E-state index contributed by atoms with van der Waals surface area (Å²) in [5.74, 6) is 0. The van der Waals surface area contributed by atoms with E-state index < -0.39 is 0 Å². The van der Waals surface area contributed by atoms with Crippen LogP contribution in [0, 0.1) is 0 Å². The number of hydrogen-bond acceptors (Lipinski definition) is 0. The van der Waals surface area contributed by atoms with Gasteiger partial charge in [0.2, 0.25) is 0 Å². The van der Waals surface area contributed by atoms with Crippen LogP contribution in [-0.2, 0) is 0 Å². The molecule has 252 valence electrons. The molecule has 2 aromatic heterocycles. The molecule has 0 amide bonds. The summed E-state index contributed by atoms with van der Waals surface area (Å²) in [4.78, 5) is 0. The molecule has 9 aromatic carbocycles. The first kappa shape index (κ1) is 30.5. The molecule has 11 aromatic rings. The zero-order chi connectivity index (χ0) is 35.6. The van der Waals surface area contributed by atoms with Crippen molar-refractivity contribution in [3.05, 3.63) is 206 Å². The molecule has 0 unspecified atom stereocenters. The van der Waals surface area contributed by atoms with Gasteiger partial charge in [-0.05, 0) is 105 Å². The van der Waals surface area contributed by atoms with E-state index in [1.807, 2.05) is 0 Å². The lowest BCUT2D eigenvalue weighted by molar-refractivity contribution is 1.18. The molecule has 0 aliphatic heterocycles. The van der Waals surface area contributed by atoms with Gasteiger partial charge in [0.25, 0.3) is 0 Å². The number of nitrogens with zero attached hydrogens (tertiary/aromatic N) is 2. The zero-order valence-electron chi connectivity index (χ0n) is 29.5. The highest BCUT2D eigenvalue weighted by Gasteiger charge is 2.17. The van der Waals surface area contributed by atoms with Crippen molar-refractivity contribution in [1.82, 2.24) is 9.13 Å². The summed E-state index contributed by atoms with van der Waals surface area (Å²) in [6.07, 6.45) is 0. The third-order valence-corrected chi connectivity index (χ3v) is 11.1. The van der Waals surface area contributed by atoms with Gasteiger partial charge in [0, 0.05) is 32.9 Å². The van der Waals surface area contributed by atoms with Gasteiger partial charge in [-0.1, -0.05) is 146 Å². The van der Waals surface area contributed by atoms with Gasteiger partial charge in [-0.25, -0.2) is 0 Å². The van der Waals surface area contributed by atoms with Crippen molar-refractivity contribution >= 4 is 54.4 Å². The summed E-state index contributed by atoms with van der Waals surface area (Å²) in [7, 11) is 0. The van der Waals surface area contributed by atoms with E-state index in [1.165, 1.54) is 93.5 Å². The molecule has 2 nitrogen and oxygen atoms in total. The summed E-state index contributed by atoms with van der Waals surface area (Å²) in [6.45, 7) is 0. The van der Waals surface area contributed by atoms with Gasteiger partial charge in [-0.15, -0.1) is 0 Å². The van der Waals surface area contributed by atoms with Crippen molar-refractivity contribution in [2.45, 2.75) is 0 Å². The number of fused-ring (bicyclic) bond motifs is 7. The Morgan fingerprint density at radius 3 is 1.31 bits per heavy atom. The molecule has 0 fully saturated rings. The molecule has 2 heterocycles. The Balaban J connectivity index is 1.02. The van der Waals surface area contributed by atoms with Crippen LogP contribution in [0.3, 0.4) is 0 Å². The second-order valence-corrected chi connectivity index (χ2v) is 14.2. The molecule has 11 rings (SSSR count). The molecule has 2 heteroatoms. The van der Waals surface area contributed by atoms with Crippen molar-refractivity contribution in [1.29, 1.82) is 0 Å². The monoisotopic (exact) mass is 686 g/mol. The van der Waals surface area contributed by atoms with Gasteiger partial charge in [-0.2, -0.15) is 0 Å². The molecular weight excluding hydrogens is 653 g/mol. The summed E-state index contributed by atoms with van der Waals surface area (Å²) >= 11 is 0. The zero-order valence-corrected chi connectivity index (χ0v) is 29.5. The molecule has 0 aliphatic carbocycles. The topological polar surface area (TPSA) is 9.86 Å². The van der Waals surface area contributed by atoms with Crippen LogP contribution in [0.1, 0.15) is 0 Å². The van der Waals surface area contributed by atoms with Crippen LogP contribution in [0.2, 0.25) is 0 Å². The van der Waals surface area contributed by atoms with E-state index in [0.717, 1.165) is 5.69 Å². The second-order valence-electron chi connectivity index (χ2n) is 14.2. The second kappa shape index (κ2) is 12.2. The Hall–Kier alpha value is -7.16. The normalized spacial score (nSPS) is 11.7.